The van der Waals surface area contributed by atoms with Gasteiger partial charge >= 0.3 is 0 Å². The van der Waals surface area contributed by atoms with Crippen molar-refractivity contribution in [1.82, 2.24) is 19.4 Å². The minimum Gasteiger partial charge on any atom is -0.398 e. The molecule has 5 aromatic rings. The highest BCUT2D eigenvalue weighted by Crippen LogP contribution is 2.40. The third-order valence-corrected chi connectivity index (χ3v) is 6.67. The molecule has 1 aliphatic rings. The monoisotopic (exact) mass is 435 g/mol. The predicted octanol–water partition coefficient (Wildman–Crippen LogP) is 5.14. The number of nitrogens with zero attached hydrogens (tertiary/aromatic N) is 5. The van der Waals surface area contributed by atoms with E-state index in [9.17, 15) is 0 Å². The number of benzene rings is 2. The maximum Gasteiger partial charge on any atom is 0.150 e. The Labute approximate surface area is 191 Å². The van der Waals surface area contributed by atoms with Crippen LogP contribution in [-0.4, -0.2) is 26.4 Å². The van der Waals surface area contributed by atoms with Gasteiger partial charge in [0, 0.05) is 53.8 Å². The number of hydrogen-bond donors (Lipinski definition) is 2. The van der Waals surface area contributed by atoms with Gasteiger partial charge in [-0.15, -0.1) is 0 Å². The Morgan fingerprint density at radius 1 is 1.00 bits per heavy atom. The minimum absolute atomic E-state index is 0.466. The van der Waals surface area contributed by atoms with Crippen LogP contribution in [0.2, 0.25) is 0 Å². The second-order valence-electron chi connectivity index (χ2n) is 8.67. The Balaban J connectivity index is 1.51. The van der Waals surface area contributed by atoms with Crippen LogP contribution >= 0.6 is 0 Å². The first-order valence-corrected chi connectivity index (χ1v) is 11.2. The summed E-state index contributed by atoms with van der Waals surface area (Å²) in [7, 11) is 1.99. The van der Waals surface area contributed by atoms with Crippen LogP contribution in [0.4, 0.5) is 23.0 Å². The molecule has 7 heteroatoms. The second-order valence-corrected chi connectivity index (χ2v) is 8.67. The van der Waals surface area contributed by atoms with Crippen LogP contribution in [0.5, 0.6) is 0 Å². The normalized spacial score (nSPS) is 14.0. The first-order valence-electron chi connectivity index (χ1n) is 11.2. The lowest BCUT2D eigenvalue weighted by Crippen LogP contribution is -2.12. The van der Waals surface area contributed by atoms with Gasteiger partial charge in [0.05, 0.1) is 5.52 Å². The van der Waals surface area contributed by atoms with E-state index in [1.807, 2.05) is 72.7 Å². The van der Waals surface area contributed by atoms with Gasteiger partial charge in [0.25, 0.3) is 0 Å². The average molecular weight is 436 g/mol. The number of para-hydroxylation sites is 1. The molecular formula is C26H25N7. The summed E-state index contributed by atoms with van der Waals surface area (Å²) in [5, 5.41) is 0.915. The maximum absolute atomic E-state index is 6.43. The molecule has 0 unspecified atom stereocenters. The van der Waals surface area contributed by atoms with E-state index in [0.29, 0.717) is 17.4 Å². The zero-order valence-electron chi connectivity index (χ0n) is 18.4. The van der Waals surface area contributed by atoms with Crippen LogP contribution in [0.1, 0.15) is 31.0 Å². The third-order valence-electron chi connectivity index (χ3n) is 6.67. The van der Waals surface area contributed by atoms with E-state index >= 15 is 0 Å². The molecule has 0 atom stereocenters. The number of pyridine rings is 1. The number of fused-ring (bicyclic) bond motifs is 2. The molecule has 0 bridgehead atoms. The summed E-state index contributed by atoms with van der Waals surface area (Å²) in [6, 6.07) is 18.1. The summed E-state index contributed by atoms with van der Waals surface area (Å²) in [5.41, 5.74) is 17.9. The number of aromatic nitrogens is 4. The topological polar surface area (TPSA) is 98.4 Å². The van der Waals surface area contributed by atoms with Gasteiger partial charge in [-0.2, -0.15) is 0 Å². The van der Waals surface area contributed by atoms with Crippen molar-refractivity contribution in [2.45, 2.75) is 25.2 Å². The van der Waals surface area contributed by atoms with E-state index in [0.717, 1.165) is 57.8 Å². The van der Waals surface area contributed by atoms with Crippen molar-refractivity contribution >= 4 is 39.4 Å². The van der Waals surface area contributed by atoms with E-state index in [2.05, 4.69) is 9.38 Å². The van der Waals surface area contributed by atoms with E-state index < -0.39 is 0 Å². The van der Waals surface area contributed by atoms with Crippen molar-refractivity contribution in [3.05, 3.63) is 72.8 Å². The van der Waals surface area contributed by atoms with Crippen LogP contribution in [0.15, 0.2) is 67.0 Å². The van der Waals surface area contributed by atoms with E-state index in [4.69, 9.17) is 21.4 Å². The zero-order chi connectivity index (χ0) is 22.5. The van der Waals surface area contributed by atoms with E-state index in [1.165, 1.54) is 6.42 Å². The van der Waals surface area contributed by atoms with Crippen molar-refractivity contribution in [2.75, 3.05) is 23.4 Å². The minimum atomic E-state index is 0.466. The summed E-state index contributed by atoms with van der Waals surface area (Å²) in [6.07, 6.45) is 7.26. The number of nitrogen functional groups attached to an aromatic ring is 2. The van der Waals surface area contributed by atoms with Gasteiger partial charge in [0.2, 0.25) is 0 Å². The summed E-state index contributed by atoms with van der Waals surface area (Å²) in [6.45, 7) is 0. The van der Waals surface area contributed by atoms with Gasteiger partial charge < -0.3 is 16.4 Å². The fraction of sp³-hybridized carbons (Fsp3) is 0.192. The van der Waals surface area contributed by atoms with Crippen molar-refractivity contribution < 1.29 is 0 Å². The Morgan fingerprint density at radius 3 is 2.58 bits per heavy atom. The molecule has 6 rings (SSSR count). The number of anilines is 4. The molecule has 33 heavy (non-hydrogen) atoms. The standard InChI is InChI=1S/C26H25N7/c1-32(18-8-3-2-4-9-18)22-15-20(27)19-11-10-17(14-21(19)30-22)23-24-25(28)29-12-13-33(24)26(31-23)16-6-5-7-16/h2-4,8-16H,5-7H2,1H3,(H2,27,30)(H2,28,29). The van der Waals surface area contributed by atoms with Crippen LogP contribution in [0.3, 0.4) is 0 Å². The van der Waals surface area contributed by atoms with Crippen molar-refractivity contribution in [3.63, 3.8) is 0 Å². The van der Waals surface area contributed by atoms with Gasteiger partial charge in [-0.1, -0.05) is 36.8 Å². The summed E-state index contributed by atoms with van der Waals surface area (Å²) < 4.78 is 2.10. The highest BCUT2D eigenvalue weighted by molar-refractivity contribution is 5.96. The fourth-order valence-corrected chi connectivity index (χ4v) is 4.59. The molecule has 0 spiro atoms. The molecule has 1 fully saturated rings. The van der Waals surface area contributed by atoms with Crippen molar-refractivity contribution in [2.24, 2.45) is 0 Å². The highest BCUT2D eigenvalue weighted by Gasteiger charge is 2.27. The second kappa shape index (κ2) is 7.48. The molecule has 3 heterocycles. The molecule has 3 aromatic heterocycles. The van der Waals surface area contributed by atoms with Crippen LogP contribution in [-0.2, 0) is 0 Å². The summed E-state index contributed by atoms with van der Waals surface area (Å²) in [4.78, 5) is 16.3. The molecule has 0 saturated heterocycles. The molecule has 0 amide bonds. The Kier molecular flexibility index (Phi) is 4.43. The largest absolute Gasteiger partial charge is 0.398 e. The van der Waals surface area contributed by atoms with Crippen LogP contribution < -0.4 is 16.4 Å². The molecule has 0 aliphatic heterocycles. The van der Waals surface area contributed by atoms with Crippen molar-refractivity contribution in [1.29, 1.82) is 0 Å². The molecular weight excluding hydrogens is 410 g/mol. The van der Waals surface area contributed by atoms with E-state index in [1.54, 1.807) is 6.20 Å². The number of nitrogens with two attached hydrogens (primary N) is 2. The maximum atomic E-state index is 6.43. The zero-order valence-corrected chi connectivity index (χ0v) is 18.4. The van der Waals surface area contributed by atoms with Crippen LogP contribution in [0.25, 0.3) is 27.7 Å². The smallest absolute Gasteiger partial charge is 0.150 e. The Bertz CT molecular complexity index is 1490. The van der Waals surface area contributed by atoms with E-state index in [-0.39, 0.29) is 0 Å². The lowest BCUT2D eigenvalue weighted by Gasteiger charge is -2.23. The first-order chi connectivity index (χ1) is 16.1. The molecule has 1 saturated carbocycles. The van der Waals surface area contributed by atoms with Gasteiger partial charge in [0.1, 0.15) is 28.7 Å². The van der Waals surface area contributed by atoms with Crippen LogP contribution in [0, 0.1) is 0 Å². The predicted molar refractivity (Wildman–Crippen MR) is 134 cm³/mol. The molecule has 7 nitrogen and oxygen atoms in total. The molecule has 1 aliphatic carbocycles. The molecule has 2 aromatic carbocycles. The first kappa shape index (κ1) is 19.5. The number of imidazole rings is 1. The van der Waals surface area contributed by atoms with Gasteiger partial charge in [-0.25, -0.2) is 15.0 Å². The molecule has 0 radical (unpaired) electrons. The van der Waals surface area contributed by atoms with Gasteiger partial charge in [0.15, 0.2) is 0 Å². The fourth-order valence-electron chi connectivity index (χ4n) is 4.59. The number of hydrogen-bond acceptors (Lipinski definition) is 6. The SMILES string of the molecule is CN(c1ccccc1)c1cc(N)c2ccc(-c3nc(C4CCC4)n4ccnc(N)c34)cc2n1. The lowest BCUT2D eigenvalue weighted by atomic mass is 9.85. The Hall–Kier alpha value is -4.13. The summed E-state index contributed by atoms with van der Waals surface area (Å²) >= 11 is 0. The van der Waals surface area contributed by atoms with Gasteiger partial charge in [-0.05, 0) is 31.0 Å². The quantitative estimate of drug-likeness (QED) is 0.405. The molecule has 4 N–H and O–H groups in total. The molecule has 164 valence electrons. The highest BCUT2D eigenvalue weighted by atomic mass is 15.2. The van der Waals surface area contributed by atoms with Crippen molar-refractivity contribution in [3.8, 4) is 11.3 Å². The Morgan fingerprint density at radius 2 is 1.82 bits per heavy atom. The third kappa shape index (κ3) is 3.16. The van der Waals surface area contributed by atoms with Gasteiger partial charge in [-0.3, -0.25) is 4.40 Å². The number of rotatable bonds is 4. The average Bonchev–Trinajstić information content (AvgIpc) is 3.18. The summed E-state index contributed by atoms with van der Waals surface area (Å²) in [5.74, 6) is 2.80. The lowest BCUT2D eigenvalue weighted by molar-refractivity contribution is 0.400.